The van der Waals surface area contributed by atoms with Crippen LogP contribution in [0.5, 0.6) is 0 Å². The van der Waals surface area contributed by atoms with Gasteiger partial charge in [-0.2, -0.15) is 0 Å². The maximum atomic E-state index is 9.99. The first-order chi connectivity index (χ1) is 33.6. The zero-order valence-electron chi connectivity index (χ0n) is 49.3. The molecule has 3 aromatic heterocycles. The minimum Gasteiger partial charge on any atom is -0.309 e. The molecule has 0 unspecified atom stereocenters. The Kier molecular flexibility index (Phi) is 2.22. The van der Waals surface area contributed by atoms with Gasteiger partial charge in [-0.25, -0.2) is 0 Å². The molecule has 3 nitrogen and oxygen atoms in total. The van der Waals surface area contributed by atoms with Gasteiger partial charge in [-0.1, -0.05) is 96.7 Å². The number of hydrogen-bond acceptors (Lipinski definition) is 0. The van der Waals surface area contributed by atoms with E-state index in [1.165, 1.54) is 6.92 Å². The number of aromatic nitrogens is 3. The fraction of sp³-hybridized carbons (Fsp3) is 0.0233. The lowest BCUT2D eigenvalue weighted by Crippen LogP contribution is -2.03. The van der Waals surface area contributed by atoms with Crippen molar-refractivity contribution in [3.05, 3.63) is 163 Å². The molecule has 0 saturated heterocycles. The Bertz CT molecular complexity index is 4140. The summed E-state index contributed by atoms with van der Waals surface area (Å²) in [6, 6.07) is -22.2. The lowest BCUT2D eigenvalue weighted by molar-refractivity contribution is 1.09. The summed E-state index contributed by atoms with van der Waals surface area (Å²) in [5, 5.41) is -2.65. The van der Waals surface area contributed by atoms with Gasteiger partial charge < -0.3 is 13.7 Å². The molecule has 0 atom stereocenters. The molecular weight excluding hydrogens is 558 g/mol. The van der Waals surface area contributed by atoms with E-state index in [1.54, 1.807) is 0 Å². The van der Waals surface area contributed by atoms with Crippen molar-refractivity contribution >= 4 is 65.4 Å². The molecule has 3 heterocycles. The summed E-state index contributed by atoms with van der Waals surface area (Å²) in [7, 11) is 0. The van der Waals surface area contributed by atoms with Crippen molar-refractivity contribution in [3.63, 3.8) is 0 Å². The van der Waals surface area contributed by atoms with Gasteiger partial charge in [0.1, 0.15) is 0 Å². The average molecular weight is 614 g/mol. The van der Waals surface area contributed by atoms with Crippen LogP contribution in [0, 0.1) is 6.92 Å². The molecule has 216 valence electrons. The Hall–Kier alpha value is -6.06. The van der Waals surface area contributed by atoms with E-state index in [4.69, 9.17) is 23.3 Å². The van der Waals surface area contributed by atoms with E-state index in [9.17, 15) is 12.3 Å². The maximum Gasteiger partial charge on any atom is 0.0702 e. The van der Waals surface area contributed by atoms with Crippen LogP contribution < -0.4 is 0 Å². The minimum absolute atomic E-state index is 0.0633. The highest BCUT2D eigenvalue weighted by Gasteiger charge is 2.20. The average Bonchev–Trinajstić information content (AvgIpc) is 4.02. The number of hydrogen-bond donors (Lipinski definition) is 0. The molecule has 3 heteroatoms. The topological polar surface area (TPSA) is 14.8 Å². The number of para-hydroxylation sites is 6. The second-order valence-electron chi connectivity index (χ2n) is 10.3. The van der Waals surface area contributed by atoms with Crippen LogP contribution in [0.1, 0.15) is 41.2 Å². The third kappa shape index (κ3) is 3.37. The molecule has 10 rings (SSSR count). The fourth-order valence-corrected chi connectivity index (χ4v) is 6.06. The number of fused-ring (bicyclic) bond motifs is 9. The van der Waals surface area contributed by atoms with Crippen molar-refractivity contribution in [3.8, 4) is 17.1 Å². The molecule has 0 spiro atoms. The molecule has 0 aliphatic heterocycles. The zero-order chi connectivity index (χ0) is 53.0. The zero-order valence-corrected chi connectivity index (χ0v) is 23.3. The summed E-state index contributed by atoms with van der Waals surface area (Å²) >= 11 is 0. The number of rotatable bonds is 3. The number of aryl methyl sites for hydroxylation is 1. The SMILES string of the molecule is [2H]c1c([2H])c([2H])c(-n2c3c([2H])c([2H])c([2H])c([2H])c3c3c(C)c([2H])c([2H])c([2H])c32)c(-n2c3c([2H])c([2H])c([2H])c([2H])c3c3c([2H])c(-n4c5c([2H])c([2H])c([2H])c([2H])c5c5c([2H])c([2H])c([2H])c([2H])c54)c([2H])c([2H])c32)c1[2H]. The quantitative estimate of drug-likeness (QED) is 0.188. The Balaban J connectivity index is 1.53. The van der Waals surface area contributed by atoms with Gasteiger partial charge in [0.15, 0.2) is 0 Å². The second-order valence-corrected chi connectivity index (χ2v) is 10.3. The molecule has 0 aliphatic carbocycles. The smallest absolute Gasteiger partial charge is 0.0702 e. The van der Waals surface area contributed by atoms with Crippen molar-refractivity contribution in [1.82, 2.24) is 13.7 Å². The highest BCUT2D eigenvalue weighted by atomic mass is 15.1. The lowest BCUT2D eigenvalue weighted by Gasteiger charge is -2.17. The monoisotopic (exact) mass is 613 g/mol. The van der Waals surface area contributed by atoms with E-state index in [1.807, 2.05) is 0 Å². The predicted molar refractivity (Wildman–Crippen MR) is 194 cm³/mol. The minimum atomic E-state index is -1.02. The summed E-state index contributed by atoms with van der Waals surface area (Å²) in [5.41, 5.74) is -5.86. The number of benzene rings is 7. The highest BCUT2D eigenvalue weighted by molar-refractivity contribution is 6.13. The van der Waals surface area contributed by atoms with Crippen LogP contribution in [-0.4, -0.2) is 13.7 Å². The molecule has 0 N–H and O–H groups in total. The largest absolute Gasteiger partial charge is 0.309 e. The Morgan fingerprint density at radius 1 is 0.370 bits per heavy atom. The van der Waals surface area contributed by atoms with Crippen LogP contribution in [0.2, 0.25) is 0 Å². The molecule has 0 saturated carbocycles. The van der Waals surface area contributed by atoms with Crippen molar-refractivity contribution in [1.29, 1.82) is 0 Å². The van der Waals surface area contributed by atoms with Crippen LogP contribution in [0.15, 0.2) is 157 Å². The molecule has 0 radical (unpaired) electrons. The van der Waals surface area contributed by atoms with Gasteiger partial charge in [0.25, 0.3) is 0 Å². The third-order valence-corrected chi connectivity index (χ3v) is 7.90. The normalized spacial score (nSPS) is 19.9. The van der Waals surface area contributed by atoms with Gasteiger partial charge in [0.2, 0.25) is 0 Å². The molecule has 0 bridgehead atoms. The Labute approximate surface area is 302 Å². The summed E-state index contributed by atoms with van der Waals surface area (Å²) in [4.78, 5) is 0. The van der Waals surface area contributed by atoms with E-state index in [0.29, 0.717) is 0 Å². The van der Waals surface area contributed by atoms with Gasteiger partial charge in [0, 0.05) is 38.0 Å². The maximum absolute atomic E-state index is 9.99. The Morgan fingerprint density at radius 3 is 1.43 bits per heavy atom. The Morgan fingerprint density at radius 2 is 0.804 bits per heavy atom. The van der Waals surface area contributed by atoms with Crippen molar-refractivity contribution in [2.24, 2.45) is 0 Å². The van der Waals surface area contributed by atoms with Gasteiger partial charge in [-0.05, 0) is 72.9 Å². The standard InChI is InChI=1S/C43H29N3/c1-28-13-12-24-42-43(28)33-17-5-9-21-38(33)46(42)41-23-11-10-22-40(41)45-37-20-8-4-16-32(37)34-27-29(25-26-39(34)45)44-35-18-6-2-14-30(35)31-15-3-7-19-36(31)44/h2-27H,1H3/i2D,3D,4D,5D,6D,7D,8D,9D,10D,11D,12D,13D,14D,15D,16D,17D,18D,19D,20D,21D,22D,23D,24D,25D,26D,27D. The number of nitrogens with zero attached hydrogens (tertiary/aromatic N) is 3. The van der Waals surface area contributed by atoms with E-state index < -0.39 is 229 Å². The first-order valence-corrected chi connectivity index (χ1v) is 13.8. The van der Waals surface area contributed by atoms with Gasteiger partial charge >= 0.3 is 0 Å². The van der Waals surface area contributed by atoms with E-state index in [2.05, 4.69) is 0 Å². The highest BCUT2D eigenvalue weighted by Crippen LogP contribution is 2.40. The van der Waals surface area contributed by atoms with Gasteiger partial charge in [-0.3, -0.25) is 0 Å². The third-order valence-electron chi connectivity index (χ3n) is 7.90. The van der Waals surface area contributed by atoms with Crippen molar-refractivity contribution in [2.75, 3.05) is 0 Å². The van der Waals surface area contributed by atoms with E-state index >= 15 is 0 Å². The molecule has 7 aromatic carbocycles. The second kappa shape index (κ2) is 9.47. The molecule has 10 aromatic rings. The van der Waals surface area contributed by atoms with Crippen molar-refractivity contribution in [2.45, 2.75) is 6.92 Å². The fourth-order valence-electron chi connectivity index (χ4n) is 6.06. The molecule has 0 fully saturated rings. The summed E-state index contributed by atoms with van der Waals surface area (Å²) in [5.74, 6) is 0. The van der Waals surface area contributed by atoms with Crippen LogP contribution in [0.25, 0.3) is 82.5 Å². The molecule has 46 heavy (non-hydrogen) atoms. The molecule has 0 aliphatic rings. The predicted octanol–water partition coefficient (Wildman–Crippen LogP) is 11.3. The lowest BCUT2D eigenvalue weighted by atomic mass is 10.1. The van der Waals surface area contributed by atoms with Gasteiger partial charge in [-0.15, -0.1) is 0 Å². The van der Waals surface area contributed by atoms with Crippen LogP contribution in [0.3, 0.4) is 0 Å². The van der Waals surface area contributed by atoms with Crippen LogP contribution in [0.4, 0.5) is 0 Å². The van der Waals surface area contributed by atoms with E-state index in [-0.39, 0.29) is 16.3 Å². The first kappa shape index (κ1) is 10.8. The molecule has 0 amide bonds. The summed E-state index contributed by atoms with van der Waals surface area (Å²) < 4.78 is 237. The van der Waals surface area contributed by atoms with Crippen LogP contribution in [-0.2, 0) is 0 Å². The van der Waals surface area contributed by atoms with Crippen LogP contribution >= 0.6 is 0 Å². The first-order valence-electron chi connectivity index (χ1n) is 26.8. The summed E-state index contributed by atoms with van der Waals surface area (Å²) in [6.45, 7) is 1.35. The van der Waals surface area contributed by atoms with Crippen molar-refractivity contribution < 1.29 is 35.6 Å². The van der Waals surface area contributed by atoms with Gasteiger partial charge in [0.05, 0.1) is 80.1 Å². The van der Waals surface area contributed by atoms with E-state index in [0.717, 1.165) is 13.7 Å². The summed E-state index contributed by atoms with van der Waals surface area (Å²) in [6.07, 6.45) is 0. The molecular formula is C43H29N3.